The van der Waals surface area contributed by atoms with E-state index in [9.17, 15) is 0 Å². The van der Waals surface area contributed by atoms with Crippen molar-refractivity contribution < 1.29 is 13.9 Å². The molecule has 2 aromatic rings. The summed E-state index contributed by atoms with van der Waals surface area (Å²) in [7, 11) is 0. The van der Waals surface area contributed by atoms with Crippen molar-refractivity contribution >= 4 is 0 Å². The first-order chi connectivity index (χ1) is 11.4. The normalized spacial score (nSPS) is 27.7. The van der Waals surface area contributed by atoms with E-state index < -0.39 is 0 Å². The molecule has 0 bridgehead atoms. The molecule has 2 aliphatic rings. The maximum absolute atomic E-state index is 5.99. The number of furan rings is 1. The van der Waals surface area contributed by atoms with Crippen molar-refractivity contribution in [3.8, 4) is 5.88 Å². The van der Waals surface area contributed by atoms with E-state index in [0.29, 0.717) is 30.6 Å². The van der Waals surface area contributed by atoms with E-state index in [1.807, 2.05) is 30.3 Å². The van der Waals surface area contributed by atoms with Crippen LogP contribution in [0.5, 0.6) is 5.88 Å². The Morgan fingerprint density at radius 3 is 3.04 bits per heavy atom. The van der Waals surface area contributed by atoms with Crippen molar-refractivity contribution in [1.29, 1.82) is 0 Å². The lowest BCUT2D eigenvalue weighted by atomic mass is 10.1. The van der Waals surface area contributed by atoms with Crippen molar-refractivity contribution in [1.82, 2.24) is 9.88 Å². The Morgan fingerprint density at radius 1 is 1.22 bits per heavy atom. The molecule has 5 heteroatoms. The monoisotopic (exact) mass is 314 g/mol. The first-order valence-electron chi connectivity index (χ1n) is 8.30. The second-order valence-corrected chi connectivity index (χ2v) is 6.34. The maximum atomic E-state index is 5.99. The maximum Gasteiger partial charge on any atom is 0.213 e. The largest absolute Gasteiger partial charge is 0.477 e. The smallest absolute Gasteiger partial charge is 0.213 e. The second kappa shape index (κ2) is 6.72. The molecule has 1 aliphatic carbocycles. The summed E-state index contributed by atoms with van der Waals surface area (Å²) in [5.41, 5.74) is 0. The first kappa shape index (κ1) is 14.7. The Kier molecular flexibility index (Phi) is 4.30. The Balaban J connectivity index is 1.35. The summed E-state index contributed by atoms with van der Waals surface area (Å²) in [5, 5.41) is 0. The van der Waals surface area contributed by atoms with E-state index in [1.165, 1.54) is 0 Å². The third-order valence-corrected chi connectivity index (χ3v) is 4.79. The number of aromatic nitrogens is 1. The van der Waals surface area contributed by atoms with E-state index in [-0.39, 0.29) is 0 Å². The van der Waals surface area contributed by atoms with E-state index >= 15 is 0 Å². The van der Waals surface area contributed by atoms with Gasteiger partial charge in [-0.2, -0.15) is 0 Å². The van der Waals surface area contributed by atoms with Gasteiger partial charge < -0.3 is 13.9 Å². The summed E-state index contributed by atoms with van der Waals surface area (Å²) in [6, 6.07) is 10.2. The predicted octanol–water partition coefficient (Wildman–Crippen LogP) is 2.73. The molecule has 122 valence electrons. The molecule has 1 saturated heterocycles. The highest BCUT2D eigenvalue weighted by atomic mass is 16.5. The first-order valence-corrected chi connectivity index (χ1v) is 8.30. The van der Waals surface area contributed by atoms with Crippen LogP contribution in [0.25, 0.3) is 0 Å². The zero-order valence-electron chi connectivity index (χ0n) is 13.1. The minimum absolute atomic E-state index is 0.316. The van der Waals surface area contributed by atoms with E-state index in [2.05, 4.69) is 9.88 Å². The third-order valence-electron chi connectivity index (χ3n) is 4.79. The SMILES string of the molecule is c1ccc(OCC2CC3OCCN(Cc4ccco4)C3C2)nc1. The number of morpholine rings is 1. The third kappa shape index (κ3) is 3.41. The molecule has 3 unspecified atom stereocenters. The lowest BCUT2D eigenvalue weighted by Gasteiger charge is -2.37. The number of ether oxygens (including phenoxy) is 2. The zero-order chi connectivity index (χ0) is 15.5. The van der Waals surface area contributed by atoms with Crippen molar-refractivity contribution in [2.75, 3.05) is 19.8 Å². The average Bonchev–Trinajstić information content (AvgIpc) is 3.23. The van der Waals surface area contributed by atoms with Crippen molar-refractivity contribution in [3.05, 3.63) is 48.6 Å². The van der Waals surface area contributed by atoms with Gasteiger partial charge in [0.05, 0.1) is 32.1 Å². The van der Waals surface area contributed by atoms with E-state index in [0.717, 1.165) is 38.3 Å². The van der Waals surface area contributed by atoms with Gasteiger partial charge in [-0.05, 0) is 37.0 Å². The lowest BCUT2D eigenvalue weighted by molar-refractivity contribution is -0.0608. The highest BCUT2D eigenvalue weighted by molar-refractivity contribution is 5.09. The minimum atomic E-state index is 0.316. The molecule has 0 radical (unpaired) electrons. The fourth-order valence-electron chi connectivity index (χ4n) is 3.70. The van der Waals surface area contributed by atoms with Gasteiger partial charge in [0.15, 0.2) is 0 Å². The number of pyridine rings is 1. The summed E-state index contributed by atoms with van der Waals surface area (Å²) in [6.07, 6.45) is 5.99. The molecule has 0 amide bonds. The Morgan fingerprint density at radius 2 is 2.22 bits per heavy atom. The second-order valence-electron chi connectivity index (χ2n) is 6.34. The molecule has 0 spiro atoms. The molecule has 23 heavy (non-hydrogen) atoms. The van der Waals surface area contributed by atoms with Crippen LogP contribution in [0.4, 0.5) is 0 Å². The number of nitrogens with zero attached hydrogens (tertiary/aromatic N) is 2. The topological polar surface area (TPSA) is 47.7 Å². The van der Waals surface area contributed by atoms with Gasteiger partial charge in [-0.25, -0.2) is 4.98 Å². The fourth-order valence-corrected chi connectivity index (χ4v) is 3.70. The minimum Gasteiger partial charge on any atom is -0.477 e. The molecule has 1 aliphatic heterocycles. The lowest BCUT2D eigenvalue weighted by Crippen LogP contribution is -2.47. The summed E-state index contributed by atoms with van der Waals surface area (Å²) >= 11 is 0. The molecule has 1 saturated carbocycles. The number of hydrogen-bond acceptors (Lipinski definition) is 5. The number of hydrogen-bond donors (Lipinski definition) is 0. The average molecular weight is 314 g/mol. The Bertz CT molecular complexity index is 602. The molecule has 0 aromatic carbocycles. The van der Waals surface area contributed by atoms with E-state index in [4.69, 9.17) is 13.9 Å². The van der Waals surface area contributed by atoms with Crippen LogP contribution in [-0.2, 0) is 11.3 Å². The Hall–Kier alpha value is -1.85. The molecule has 5 nitrogen and oxygen atoms in total. The fraction of sp³-hybridized carbons (Fsp3) is 0.500. The zero-order valence-corrected chi connectivity index (χ0v) is 13.1. The van der Waals surface area contributed by atoms with Gasteiger partial charge in [-0.3, -0.25) is 4.90 Å². The van der Waals surface area contributed by atoms with Gasteiger partial charge in [0.1, 0.15) is 5.76 Å². The van der Waals surface area contributed by atoms with Crippen molar-refractivity contribution in [2.24, 2.45) is 5.92 Å². The van der Waals surface area contributed by atoms with Gasteiger partial charge in [0, 0.05) is 24.8 Å². The summed E-state index contributed by atoms with van der Waals surface area (Å²) in [5.74, 6) is 2.25. The van der Waals surface area contributed by atoms with Gasteiger partial charge in [0.25, 0.3) is 0 Å². The van der Waals surface area contributed by atoms with Crippen LogP contribution in [0.15, 0.2) is 47.2 Å². The molecule has 3 atom stereocenters. The molecule has 4 rings (SSSR count). The molecular weight excluding hydrogens is 292 g/mol. The van der Waals surface area contributed by atoms with E-state index in [1.54, 1.807) is 12.5 Å². The van der Waals surface area contributed by atoms with Crippen molar-refractivity contribution in [2.45, 2.75) is 31.5 Å². The van der Waals surface area contributed by atoms with Gasteiger partial charge in [-0.15, -0.1) is 0 Å². The van der Waals surface area contributed by atoms with Crippen LogP contribution in [0.2, 0.25) is 0 Å². The summed E-state index contributed by atoms with van der Waals surface area (Å²) in [4.78, 5) is 6.71. The molecule has 0 N–H and O–H groups in total. The van der Waals surface area contributed by atoms with Crippen LogP contribution in [0, 0.1) is 5.92 Å². The molecule has 2 fully saturated rings. The summed E-state index contributed by atoms with van der Waals surface area (Å²) < 4.78 is 17.3. The van der Waals surface area contributed by atoms with Gasteiger partial charge >= 0.3 is 0 Å². The number of rotatable bonds is 5. The van der Waals surface area contributed by atoms with Crippen LogP contribution < -0.4 is 4.74 Å². The quantitative estimate of drug-likeness (QED) is 0.849. The summed E-state index contributed by atoms with van der Waals surface area (Å²) in [6.45, 7) is 3.35. The van der Waals surface area contributed by atoms with Crippen LogP contribution in [0.1, 0.15) is 18.6 Å². The van der Waals surface area contributed by atoms with Gasteiger partial charge in [-0.1, -0.05) is 6.07 Å². The van der Waals surface area contributed by atoms with Crippen LogP contribution in [0.3, 0.4) is 0 Å². The highest BCUT2D eigenvalue weighted by Gasteiger charge is 2.41. The Labute approximate surface area is 136 Å². The standard InChI is InChI=1S/C18H22N2O3/c1-2-6-19-18(5-1)23-13-14-10-16-17(11-14)22-9-7-20(16)12-15-4-3-8-21-15/h1-6,8,14,16-17H,7,9-13H2. The van der Waals surface area contributed by atoms with Crippen molar-refractivity contribution in [3.63, 3.8) is 0 Å². The molecular formula is C18H22N2O3. The number of fused-ring (bicyclic) bond motifs is 1. The van der Waals surface area contributed by atoms with Gasteiger partial charge in [0.2, 0.25) is 5.88 Å². The van der Waals surface area contributed by atoms with Crippen LogP contribution >= 0.6 is 0 Å². The molecule has 2 aromatic heterocycles. The predicted molar refractivity (Wildman–Crippen MR) is 85.1 cm³/mol. The molecule has 3 heterocycles. The highest BCUT2D eigenvalue weighted by Crippen LogP contribution is 2.35. The van der Waals surface area contributed by atoms with Crippen LogP contribution in [-0.4, -0.2) is 41.8 Å².